The maximum absolute atomic E-state index is 14.0. The Morgan fingerprint density at radius 3 is 2.25 bits per heavy atom. The second-order valence-electron chi connectivity index (χ2n) is 12.3. The number of hydrogen-bond donors (Lipinski definition) is 5. The van der Waals surface area contributed by atoms with Crippen LogP contribution in [0.2, 0.25) is 0 Å². The Hall–Kier alpha value is -4.53. The summed E-state index contributed by atoms with van der Waals surface area (Å²) in [6.45, 7) is 14.5. The van der Waals surface area contributed by atoms with E-state index in [9.17, 15) is 19.5 Å². The van der Waals surface area contributed by atoms with Crippen molar-refractivity contribution in [2.45, 2.75) is 79.2 Å². The molecule has 0 saturated heterocycles. The van der Waals surface area contributed by atoms with E-state index in [1.54, 1.807) is 0 Å². The van der Waals surface area contributed by atoms with Crippen LogP contribution < -0.4 is 5.32 Å². The highest BCUT2D eigenvalue weighted by atomic mass is 16.5. The van der Waals surface area contributed by atoms with E-state index >= 15 is 0 Å². The van der Waals surface area contributed by atoms with Gasteiger partial charge in [0.1, 0.15) is 5.92 Å². The number of carbonyl (C=O) groups excluding carboxylic acids is 2. The van der Waals surface area contributed by atoms with Crippen molar-refractivity contribution in [2.75, 3.05) is 7.11 Å². The zero-order valence-electron chi connectivity index (χ0n) is 26.3. The van der Waals surface area contributed by atoms with Crippen LogP contribution in [0, 0.1) is 26.7 Å². The summed E-state index contributed by atoms with van der Waals surface area (Å²) in [6, 6.07) is -0.150. The highest BCUT2D eigenvalue weighted by Crippen LogP contribution is 2.46. The molecule has 44 heavy (non-hydrogen) atoms. The predicted molar refractivity (Wildman–Crippen MR) is 168 cm³/mol. The van der Waals surface area contributed by atoms with Crippen LogP contribution in [0.4, 0.5) is 0 Å². The molecule has 5 N–H and O–H groups in total. The second kappa shape index (κ2) is 10.9. The van der Waals surface area contributed by atoms with Crippen LogP contribution in [-0.4, -0.2) is 50.9 Å². The van der Waals surface area contributed by atoms with E-state index in [1.807, 2.05) is 19.9 Å². The van der Waals surface area contributed by atoms with E-state index in [4.69, 9.17) is 4.74 Å². The summed E-state index contributed by atoms with van der Waals surface area (Å²) in [5.74, 6) is -2.97. The Balaban J connectivity index is 1.63. The molecule has 1 aliphatic carbocycles. The normalized spacial score (nSPS) is 19.1. The molecule has 0 amide bonds. The first-order valence-electron chi connectivity index (χ1n) is 15.3. The van der Waals surface area contributed by atoms with Crippen molar-refractivity contribution >= 4 is 29.4 Å². The Labute approximate surface area is 256 Å². The standard InChI is InChI=1S/C35H40N4O5/c1-8-19-15(3)22-12-24-17(5)21(10-11-28(40)41)32(38-24)30-31(35(43)44-7)34(42)29-18(6)25(39-33(29)30)14-27-20(9-2)16(4)23(37-27)13-26(19)36-22/h8,25,31,36-39H,1,9-14H2,2-7H3,(H,40,41)/t25?,31-/m1/s1. The molecule has 0 spiro atoms. The summed E-state index contributed by atoms with van der Waals surface area (Å²) in [4.78, 5) is 50.0. The summed E-state index contributed by atoms with van der Waals surface area (Å²) in [7, 11) is 1.29. The molecule has 3 aliphatic rings. The molecular formula is C35H40N4O5. The molecule has 5 heterocycles. The number of methoxy groups -OCH3 is 1. The van der Waals surface area contributed by atoms with Gasteiger partial charge in [-0.2, -0.15) is 0 Å². The van der Waals surface area contributed by atoms with Crippen molar-refractivity contribution in [2.24, 2.45) is 5.92 Å². The minimum atomic E-state index is -1.14. The van der Waals surface area contributed by atoms with E-state index in [1.165, 1.54) is 18.2 Å². The number of aromatic amines is 3. The Morgan fingerprint density at radius 2 is 1.59 bits per heavy atom. The molecule has 2 aliphatic heterocycles. The number of Topliss-reactive ketones (excluding diaryl/α,β-unsaturated/α-hetero) is 1. The van der Waals surface area contributed by atoms with Crippen molar-refractivity contribution < 1.29 is 24.2 Å². The molecule has 0 aromatic carbocycles. The Morgan fingerprint density at radius 1 is 0.955 bits per heavy atom. The van der Waals surface area contributed by atoms with Gasteiger partial charge in [-0.05, 0) is 79.5 Å². The van der Waals surface area contributed by atoms with Crippen molar-refractivity contribution in [3.05, 3.63) is 91.0 Å². The molecular weight excluding hydrogens is 556 g/mol. The molecule has 3 aromatic heterocycles. The van der Waals surface area contributed by atoms with Crippen LogP contribution >= 0.6 is 0 Å². The molecule has 1 unspecified atom stereocenters. The smallest absolute Gasteiger partial charge is 0.321 e. The number of carboxylic acid groups (broad SMARTS) is 1. The lowest BCUT2D eigenvalue weighted by Crippen LogP contribution is -2.29. The summed E-state index contributed by atoms with van der Waals surface area (Å²) >= 11 is 0. The summed E-state index contributed by atoms with van der Waals surface area (Å²) < 4.78 is 5.16. The summed E-state index contributed by atoms with van der Waals surface area (Å²) in [6.07, 6.45) is 4.83. The van der Waals surface area contributed by atoms with E-state index in [-0.39, 0.29) is 24.7 Å². The molecule has 6 rings (SSSR count). The number of aliphatic carboxylic acids is 1. The fourth-order valence-electron chi connectivity index (χ4n) is 7.60. The van der Waals surface area contributed by atoms with Crippen LogP contribution in [0.5, 0.6) is 0 Å². The third kappa shape index (κ3) is 4.40. The molecule has 3 aromatic rings. The average Bonchev–Trinajstić information content (AvgIpc) is 3.72. The number of ether oxygens (including phenoxy) is 1. The van der Waals surface area contributed by atoms with Crippen LogP contribution in [0.25, 0.3) is 11.6 Å². The molecule has 9 nitrogen and oxygen atoms in total. The predicted octanol–water partition coefficient (Wildman–Crippen LogP) is 4.93. The van der Waals surface area contributed by atoms with Gasteiger partial charge in [-0.25, -0.2) is 0 Å². The van der Waals surface area contributed by atoms with Crippen LogP contribution in [0.3, 0.4) is 0 Å². The van der Waals surface area contributed by atoms with Gasteiger partial charge >= 0.3 is 11.9 Å². The number of H-pyrrole nitrogens is 3. The molecule has 9 heteroatoms. The summed E-state index contributed by atoms with van der Waals surface area (Å²) in [5, 5.41) is 13.2. The number of carbonyl (C=O) groups is 3. The number of nitrogens with one attached hydrogen (secondary N) is 4. The van der Waals surface area contributed by atoms with Crippen molar-refractivity contribution in [1.82, 2.24) is 20.3 Å². The Bertz CT molecular complexity index is 1820. The van der Waals surface area contributed by atoms with Crippen molar-refractivity contribution in [1.29, 1.82) is 0 Å². The number of hydrogen-bond acceptors (Lipinski definition) is 5. The second-order valence-corrected chi connectivity index (χ2v) is 12.3. The minimum Gasteiger partial charge on any atom is -0.481 e. The van der Waals surface area contributed by atoms with Crippen LogP contribution in [0.1, 0.15) is 87.8 Å². The lowest BCUT2D eigenvalue weighted by molar-refractivity contribution is -0.145. The van der Waals surface area contributed by atoms with Gasteiger partial charge in [-0.15, -0.1) is 0 Å². The minimum absolute atomic E-state index is 0.0806. The van der Waals surface area contributed by atoms with Crippen molar-refractivity contribution in [3.8, 4) is 0 Å². The van der Waals surface area contributed by atoms with Gasteiger partial charge < -0.3 is 30.1 Å². The number of fused-ring (bicyclic) bond motifs is 8. The summed E-state index contributed by atoms with van der Waals surface area (Å²) in [5.41, 5.74) is 15.0. The van der Waals surface area contributed by atoms with E-state index in [2.05, 4.69) is 47.6 Å². The first kappa shape index (κ1) is 29.5. The number of ketones is 1. The lowest BCUT2D eigenvalue weighted by Gasteiger charge is -2.19. The highest BCUT2D eigenvalue weighted by molar-refractivity contribution is 6.24. The maximum Gasteiger partial charge on any atom is 0.321 e. The number of esters is 1. The zero-order chi connectivity index (χ0) is 31.6. The quantitative estimate of drug-likeness (QED) is 0.202. The van der Waals surface area contributed by atoms with Gasteiger partial charge in [0.2, 0.25) is 0 Å². The van der Waals surface area contributed by atoms with Gasteiger partial charge in [0.15, 0.2) is 5.78 Å². The van der Waals surface area contributed by atoms with Crippen LogP contribution in [0.15, 0.2) is 23.4 Å². The highest BCUT2D eigenvalue weighted by Gasteiger charge is 2.49. The van der Waals surface area contributed by atoms with Gasteiger partial charge in [-0.1, -0.05) is 19.6 Å². The topological polar surface area (TPSA) is 140 Å². The number of aromatic nitrogens is 3. The van der Waals surface area contributed by atoms with E-state index < -0.39 is 17.9 Å². The number of rotatable bonds is 6. The molecule has 8 bridgehead atoms. The number of allylic oxidation sites excluding steroid dienone is 1. The lowest BCUT2D eigenvalue weighted by atomic mass is 9.91. The Kier molecular flexibility index (Phi) is 7.30. The monoisotopic (exact) mass is 596 g/mol. The number of carboxylic acids is 1. The first-order valence-corrected chi connectivity index (χ1v) is 15.3. The van der Waals surface area contributed by atoms with E-state index in [0.717, 1.165) is 62.7 Å². The molecule has 2 atom stereocenters. The van der Waals surface area contributed by atoms with Crippen molar-refractivity contribution in [3.63, 3.8) is 0 Å². The van der Waals surface area contributed by atoms with Gasteiger partial charge in [0.05, 0.1) is 18.8 Å². The maximum atomic E-state index is 14.0. The molecule has 230 valence electrons. The SMILES string of the molecule is C=Cc1c2[nH]c(c1C)Cc1[nH]c(c(CCC(=O)O)c1C)C1=C3NC(Cc4[nH]c(c(C)c4CC)C2)C(C)=C3C(=O)[C@@H]1C(=O)OC. The van der Waals surface area contributed by atoms with Gasteiger partial charge in [0, 0.05) is 71.0 Å². The third-order valence-corrected chi connectivity index (χ3v) is 10.1. The zero-order valence-corrected chi connectivity index (χ0v) is 26.3. The van der Waals surface area contributed by atoms with Gasteiger partial charge in [0.25, 0.3) is 0 Å². The fourth-order valence-corrected chi connectivity index (χ4v) is 7.60. The molecule has 0 radical (unpaired) electrons. The largest absolute Gasteiger partial charge is 0.481 e. The average molecular weight is 597 g/mol. The molecule has 0 fully saturated rings. The fraction of sp³-hybridized carbons (Fsp3) is 0.400. The van der Waals surface area contributed by atoms with Gasteiger partial charge in [-0.3, -0.25) is 14.4 Å². The van der Waals surface area contributed by atoms with Crippen LogP contribution in [-0.2, 0) is 51.2 Å². The third-order valence-electron chi connectivity index (χ3n) is 10.1. The molecule has 0 saturated carbocycles. The first-order chi connectivity index (χ1) is 21.0. The van der Waals surface area contributed by atoms with E-state index in [0.29, 0.717) is 41.8 Å².